The molecule has 0 spiro atoms. The van der Waals surface area contributed by atoms with E-state index >= 15 is 0 Å². The normalized spacial score (nSPS) is 11.4. The van der Waals surface area contributed by atoms with Gasteiger partial charge < -0.3 is 4.42 Å². The van der Waals surface area contributed by atoms with Gasteiger partial charge in [-0.3, -0.25) is 0 Å². The molecule has 0 saturated heterocycles. The van der Waals surface area contributed by atoms with Crippen molar-refractivity contribution in [3.63, 3.8) is 0 Å². The number of para-hydroxylation sites is 1. The second-order valence-electron chi connectivity index (χ2n) is 13.2. The minimum atomic E-state index is 0.691. The third-order valence-electron chi connectivity index (χ3n) is 9.91. The molecule has 0 bridgehead atoms. The second-order valence-corrected chi connectivity index (χ2v) is 13.2. The van der Waals surface area contributed by atoms with Crippen molar-refractivity contribution in [3.8, 4) is 67.4 Å². The van der Waals surface area contributed by atoms with Crippen molar-refractivity contribution in [2.24, 2.45) is 0 Å². The molecule has 3 heterocycles. The van der Waals surface area contributed by atoms with E-state index in [1.54, 1.807) is 0 Å². The van der Waals surface area contributed by atoms with Crippen LogP contribution in [0.5, 0.6) is 0 Å². The van der Waals surface area contributed by atoms with E-state index < -0.39 is 0 Å². The number of hydrogen-bond donors (Lipinski definition) is 0. The lowest BCUT2D eigenvalue weighted by molar-refractivity contribution is 0.672. The molecule has 7 aromatic carbocycles. The third-order valence-corrected chi connectivity index (χ3v) is 9.91. The fourth-order valence-corrected chi connectivity index (χ4v) is 7.20. The van der Waals surface area contributed by atoms with Crippen molar-refractivity contribution in [2.75, 3.05) is 0 Å². The predicted octanol–water partition coefficient (Wildman–Crippen LogP) is 12.9. The fraction of sp³-hybridized carbons (Fsp3) is 0. The van der Waals surface area contributed by atoms with Gasteiger partial charge >= 0.3 is 0 Å². The number of benzene rings is 7. The zero-order valence-electron chi connectivity index (χ0n) is 28.6. The molecule has 0 aliphatic rings. The van der Waals surface area contributed by atoms with Crippen LogP contribution < -0.4 is 0 Å². The van der Waals surface area contributed by atoms with Crippen LogP contribution in [0, 0.1) is 0 Å². The highest BCUT2D eigenvalue weighted by Gasteiger charge is 2.18. The standard InChI is InChI=1S/C49H31N3O/c1-4-12-32(13-5-1)33-22-26-38(27-23-33)49-51-42(35-14-6-2-7-15-35)31-43(52-49)36-24-20-34(21-25-36)39-28-29-40-44(30-39)50-47(37-16-8-3-9-17-37)46-41-18-10-11-19-45(41)53-48(40)46/h1-31H. The Labute approximate surface area is 306 Å². The summed E-state index contributed by atoms with van der Waals surface area (Å²) >= 11 is 0. The number of aromatic nitrogens is 3. The lowest BCUT2D eigenvalue weighted by Gasteiger charge is -2.11. The Morgan fingerprint density at radius 3 is 1.51 bits per heavy atom. The van der Waals surface area contributed by atoms with E-state index in [0.717, 1.165) is 88.9 Å². The first-order chi connectivity index (χ1) is 26.2. The number of furan rings is 1. The second kappa shape index (κ2) is 12.9. The molecule has 0 atom stereocenters. The summed E-state index contributed by atoms with van der Waals surface area (Å²) in [5.74, 6) is 0.691. The highest BCUT2D eigenvalue weighted by molar-refractivity contribution is 6.19. The predicted molar refractivity (Wildman–Crippen MR) is 217 cm³/mol. The van der Waals surface area contributed by atoms with Crippen LogP contribution in [-0.2, 0) is 0 Å². The molecule has 0 fully saturated rings. The van der Waals surface area contributed by atoms with Crippen molar-refractivity contribution >= 4 is 32.8 Å². The number of pyridine rings is 1. The Morgan fingerprint density at radius 1 is 0.340 bits per heavy atom. The van der Waals surface area contributed by atoms with E-state index in [1.165, 1.54) is 5.56 Å². The maximum atomic E-state index is 6.50. The minimum Gasteiger partial charge on any atom is -0.455 e. The minimum absolute atomic E-state index is 0.691. The molecule has 0 unspecified atom stereocenters. The Morgan fingerprint density at radius 2 is 0.830 bits per heavy atom. The molecule has 10 aromatic rings. The van der Waals surface area contributed by atoms with Crippen LogP contribution in [0.25, 0.3) is 100 Å². The summed E-state index contributed by atoms with van der Waals surface area (Å²) in [5, 5.41) is 3.11. The summed E-state index contributed by atoms with van der Waals surface area (Å²) in [6.07, 6.45) is 0. The van der Waals surface area contributed by atoms with Crippen LogP contribution >= 0.6 is 0 Å². The van der Waals surface area contributed by atoms with Crippen LogP contribution in [0.1, 0.15) is 0 Å². The lowest BCUT2D eigenvalue weighted by Crippen LogP contribution is -1.96. The van der Waals surface area contributed by atoms with Crippen LogP contribution in [0.3, 0.4) is 0 Å². The van der Waals surface area contributed by atoms with Crippen molar-refractivity contribution < 1.29 is 4.42 Å². The number of rotatable bonds is 6. The maximum absolute atomic E-state index is 6.50. The summed E-state index contributed by atoms with van der Waals surface area (Å²) < 4.78 is 6.50. The van der Waals surface area contributed by atoms with E-state index in [2.05, 4.69) is 146 Å². The molecular weight excluding hydrogens is 647 g/mol. The first-order valence-electron chi connectivity index (χ1n) is 17.8. The number of fused-ring (bicyclic) bond motifs is 5. The fourth-order valence-electron chi connectivity index (χ4n) is 7.20. The van der Waals surface area contributed by atoms with Gasteiger partial charge in [-0.25, -0.2) is 15.0 Å². The van der Waals surface area contributed by atoms with Gasteiger partial charge in [-0.15, -0.1) is 0 Å². The van der Waals surface area contributed by atoms with Crippen molar-refractivity contribution in [2.45, 2.75) is 0 Å². The number of hydrogen-bond acceptors (Lipinski definition) is 4. The summed E-state index contributed by atoms with van der Waals surface area (Å²) in [6, 6.07) is 64.9. The highest BCUT2D eigenvalue weighted by Crippen LogP contribution is 2.40. The van der Waals surface area contributed by atoms with Gasteiger partial charge in [0.2, 0.25) is 0 Å². The van der Waals surface area contributed by atoms with Crippen LogP contribution in [0.15, 0.2) is 192 Å². The Bertz CT molecular complexity index is 2900. The van der Waals surface area contributed by atoms with Gasteiger partial charge in [0, 0.05) is 33.0 Å². The average Bonchev–Trinajstić information content (AvgIpc) is 3.64. The first-order valence-corrected chi connectivity index (χ1v) is 17.8. The molecule has 3 aromatic heterocycles. The van der Waals surface area contributed by atoms with Crippen LogP contribution in [0.2, 0.25) is 0 Å². The Kier molecular flexibility index (Phi) is 7.43. The molecule has 248 valence electrons. The lowest BCUT2D eigenvalue weighted by atomic mass is 9.98. The summed E-state index contributed by atoms with van der Waals surface area (Å²) in [4.78, 5) is 15.4. The molecule has 0 amide bonds. The molecule has 0 aliphatic carbocycles. The van der Waals surface area contributed by atoms with Crippen molar-refractivity contribution in [1.29, 1.82) is 0 Å². The largest absolute Gasteiger partial charge is 0.455 e. The Hall–Kier alpha value is -7.17. The van der Waals surface area contributed by atoms with Crippen LogP contribution in [-0.4, -0.2) is 15.0 Å². The molecule has 0 aliphatic heterocycles. The van der Waals surface area contributed by atoms with Gasteiger partial charge in [0.25, 0.3) is 0 Å². The molecule has 4 heteroatoms. The van der Waals surface area contributed by atoms with E-state index in [9.17, 15) is 0 Å². The smallest absolute Gasteiger partial charge is 0.160 e. The van der Waals surface area contributed by atoms with Gasteiger partial charge in [0.05, 0.1) is 28.0 Å². The third kappa shape index (κ3) is 5.63. The molecule has 10 rings (SSSR count). The van der Waals surface area contributed by atoms with Gasteiger partial charge in [-0.1, -0.05) is 164 Å². The Balaban J connectivity index is 1.04. The summed E-state index contributed by atoms with van der Waals surface area (Å²) in [7, 11) is 0. The van der Waals surface area contributed by atoms with Crippen molar-refractivity contribution in [1.82, 2.24) is 15.0 Å². The molecule has 0 radical (unpaired) electrons. The average molecular weight is 678 g/mol. The van der Waals surface area contributed by atoms with E-state index in [1.807, 2.05) is 42.5 Å². The van der Waals surface area contributed by atoms with Gasteiger partial charge in [0.1, 0.15) is 11.2 Å². The topological polar surface area (TPSA) is 51.8 Å². The van der Waals surface area contributed by atoms with Gasteiger partial charge in [-0.05, 0) is 46.5 Å². The van der Waals surface area contributed by atoms with E-state index in [0.29, 0.717) is 5.82 Å². The molecular formula is C49H31N3O. The quantitative estimate of drug-likeness (QED) is 0.176. The van der Waals surface area contributed by atoms with E-state index in [-0.39, 0.29) is 0 Å². The molecule has 53 heavy (non-hydrogen) atoms. The number of nitrogens with zero attached hydrogens (tertiary/aromatic N) is 3. The first kappa shape index (κ1) is 30.6. The van der Waals surface area contributed by atoms with Gasteiger partial charge in [0.15, 0.2) is 5.82 Å². The van der Waals surface area contributed by atoms with Crippen molar-refractivity contribution in [3.05, 3.63) is 188 Å². The zero-order chi connectivity index (χ0) is 35.1. The zero-order valence-corrected chi connectivity index (χ0v) is 28.6. The van der Waals surface area contributed by atoms with E-state index in [4.69, 9.17) is 19.4 Å². The molecule has 0 saturated carbocycles. The summed E-state index contributed by atoms with van der Waals surface area (Å²) in [5.41, 5.74) is 13.9. The summed E-state index contributed by atoms with van der Waals surface area (Å²) in [6.45, 7) is 0. The monoisotopic (exact) mass is 677 g/mol. The van der Waals surface area contributed by atoms with Gasteiger partial charge in [-0.2, -0.15) is 0 Å². The van der Waals surface area contributed by atoms with Crippen LogP contribution in [0.4, 0.5) is 0 Å². The SMILES string of the molecule is c1ccc(-c2ccc(-c3nc(-c4ccccc4)cc(-c4ccc(-c5ccc6c(c5)nc(-c5ccccc5)c5c7ccccc7oc65)cc4)n3)cc2)cc1. The molecule has 0 N–H and O–H groups in total. The highest BCUT2D eigenvalue weighted by atomic mass is 16.3. The molecule has 4 nitrogen and oxygen atoms in total. The maximum Gasteiger partial charge on any atom is 0.160 e.